The summed E-state index contributed by atoms with van der Waals surface area (Å²) < 4.78 is 19.1. The van der Waals surface area contributed by atoms with Crippen molar-refractivity contribution in [2.75, 3.05) is 6.61 Å². The molecule has 0 amide bonds. The number of nitrogens with zero attached hydrogens (tertiary/aromatic N) is 1. The third-order valence-electron chi connectivity index (χ3n) is 4.76. The summed E-state index contributed by atoms with van der Waals surface area (Å²) in [6, 6.07) is 10.5. The number of phenols is 1. The lowest BCUT2D eigenvalue weighted by Gasteiger charge is -2.27. The number of carboxylic acid groups (broad SMARTS) is 1. The first-order valence-electron chi connectivity index (χ1n) is 9.07. The van der Waals surface area contributed by atoms with Crippen LogP contribution in [0.25, 0.3) is 21.9 Å². The summed E-state index contributed by atoms with van der Waals surface area (Å²) in [4.78, 5) is 15.8. The number of aromatic hydroxyl groups is 1. The number of phenolic OH excluding ortho intramolecular Hbond substituents is 1. The van der Waals surface area contributed by atoms with Crippen molar-refractivity contribution in [2.45, 2.75) is 32.3 Å². The molecule has 0 aliphatic heterocycles. The molecule has 0 aliphatic rings. The molecule has 0 spiro atoms. The molecule has 1 heterocycles. The van der Waals surface area contributed by atoms with Gasteiger partial charge >= 0.3 is 5.97 Å². The molecule has 7 heteroatoms. The molecular weight excluding hydrogens is 377 g/mol. The fourth-order valence-corrected chi connectivity index (χ4v) is 3.05. The molecule has 3 N–H and O–H groups in total. The molecule has 2 aromatic carbocycles. The van der Waals surface area contributed by atoms with Gasteiger partial charge in [-0.2, -0.15) is 0 Å². The number of pyridine rings is 1. The van der Waals surface area contributed by atoms with E-state index in [0.717, 1.165) is 0 Å². The number of halogens is 1. The number of aliphatic carboxylic acids is 1. The molecule has 152 valence electrons. The third kappa shape index (κ3) is 4.00. The van der Waals surface area contributed by atoms with Crippen molar-refractivity contribution in [1.29, 1.82) is 0 Å². The summed E-state index contributed by atoms with van der Waals surface area (Å²) in [5, 5.41) is 30.2. The van der Waals surface area contributed by atoms with Crippen molar-refractivity contribution in [3.8, 4) is 22.8 Å². The number of carboxylic acids is 1. The van der Waals surface area contributed by atoms with Crippen LogP contribution in [0.4, 0.5) is 4.39 Å². The fourth-order valence-electron chi connectivity index (χ4n) is 3.05. The summed E-state index contributed by atoms with van der Waals surface area (Å²) in [6.07, 6.45) is -1.17. The maximum atomic E-state index is 13.5. The molecule has 0 fully saturated rings. The Morgan fingerprint density at radius 3 is 2.41 bits per heavy atom. The highest BCUT2D eigenvalue weighted by Gasteiger charge is 2.29. The summed E-state index contributed by atoms with van der Waals surface area (Å²) >= 11 is 0. The number of aliphatic hydroxyl groups excluding tert-OH is 1. The highest BCUT2D eigenvalue weighted by Crippen LogP contribution is 2.41. The van der Waals surface area contributed by atoms with Crippen LogP contribution in [0.3, 0.4) is 0 Å². The maximum absolute atomic E-state index is 13.5. The summed E-state index contributed by atoms with van der Waals surface area (Å²) in [7, 11) is 0. The van der Waals surface area contributed by atoms with E-state index in [0.29, 0.717) is 27.6 Å². The Labute approximate surface area is 167 Å². The average Bonchev–Trinajstić information content (AvgIpc) is 2.68. The van der Waals surface area contributed by atoms with E-state index in [-0.39, 0.29) is 24.1 Å². The number of hydrogen-bond acceptors (Lipinski definition) is 5. The Kier molecular flexibility index (Phi) is 5.44. The standard InChI is InChI=1S/C22H22FNO5/c1-12(21(27)28)29-20-17-10-15(26)8-9-16(17)18(13-4-6-14(23)7-5-13)19(24-20)22(2,3)11-25/h4-10,12,25-26H,11H2,1-3H3,(H,27,28)/t12-/m0/s1. The number of hydrogen-bond donors (Lipinski definition) is 3. The van der Waals surface area contributed by atoms with Gasteiger partial charge in [-0.1, -0.05) is 26.0 Å². The molecule has 1 aromatic heterocycles. The molecule has 0 saturated heterocycles. The van der Waals surface area contributed by atoms with E-state index in [1.165, 1.54) is 31.2 Å². The van der Waals surface area contributed by atoms with E-state index < -0.39 is 17.5 Å². The normalized spacial score (nSPS) is 12.7. The lowest BCUT2D eigenvalue weighted by Crippen LogP contribution is -2.27. The second-order valence-corrected chi connectivity index (χ2v) is 7.52. The lowest BCUT2D eigenvalue weighted by molar-refractivity contribution is -0.144. The summed E-state index contributed by atoms with van der Waals surface area (Å²) in [5.41, 5.74) is 0.983. The zero-order valence-corrected chi connectivity index (χ0v) is 16.3. The van der Waals surface area contributed by atoms with Crippen LogP contribution in [0.2, 0.25) is 0 Å². The molecule has 0 unspecified atom stereocenters. The topological polar surface area (TPSA) is 99.9 Å². The molecule has 3 rings (SSSR count). The average molecular weight is 399 g/mol. The van der Waals surface area contributed by atoms with Crippen LogP contribution >= 0.6 is 0 Å². The number of carbonyl (C=O) groups is 1. The molecule has 3 aromatic rings. The highest BCUT2D eigenvalue weighted by atomic mass is 19.1. The monoisotopic (exact) mass is 399 g/mol. The number of aliphatic hydroxyl groups is 1. The lowest BCUT2D eigenvalue weighted by atomic mass is 9.83. The first-order valence-corrected chi connectivity index (χ1v) is 9.07. The number of rotatable bonds is 6. The Hall–Kier alpha value is -3.19. The molecule has 0 radical (unpaired) electrons. The molecule has 6 nitrogen and oxygen atoms in total. The molecule has 0 aliphatic carbocycles. The fraction of sp³-hybridized carbons (Fsp3) is 0.273. The molecule has 29 heavy (non-hydrogen) atoms. The van der Waals surface area contributed by atoms with Crippen LogP contribution in [0.5, 0.6) is 11.6 Å². The maximum Gasteiger partial charge on any atom is 0.344 e. The number of fused-ring (bicyclic) bond motifs is 1. The molecular formula is C22H22FNO5. The second kappa shape index (κ2) is 7.67. The first-order chi connectivity index (χ1) is 13.6. The van der Waals surface area contributed by atoms with Gasteiger partial charge in [0.25, 0.3) is 0 Å². The van der Waals surface area contributed by atoms with Gasteiger partial charge in [-0.05, 0) is 48.2 Å². The van der Waals surface area contributed by atoms with Crippen LogP contribution in [-0.4, -0.2) is 39.0 Å². The minimum absolute atomic E-state index is 0.0354. The molecule has 0 bridgehead atoms. The Bertz CT molecular complexity index is 1060. The zero-order chi connectivity index (χ0) is 21.3. The van der Waals surface area contributed by atoms with Crippen molar-refractivity contribution in [3.05, 3.63) is 54.0 Å². The Morgan fingerprint density at radius 2 is 1.83 bits per heavy atom. The highest BCUT2D eigenvalue weighted by molar-refractivity contribution is 6.01. The first kappa shape index (κ1) is 20.5. The van der Waals surface area contributed by atoms with Crippen molar-refractivity contribution >= 4 is 16.7 Å². The van der Waals surface area contributed by atoms with Gasteiger partial charge < -0.3 is 20.1 Å². The van der Waals surface area contributed by atoms with Crippen molar-refractivity contribution < 1.29 is 29.2 Å². The van der Waals surface area contributed by atoms with Gasteiger partial charge in [0.15, 0.2) is 6.10 Å². The van der Waals surface area contributed by atoms with E-state index in [1.54, 1.807) is 32.0 Å². The van der Waals surface area contributed by atoms with Gasteiger partial charge in [-0.15, -0.1) is 0 Å². The second-order valence-electron chi connectivity index (χ2n) is 7.52. The SMILES string of the molecule is C[C@H](Oc1nc(C(C)(C)CO)c(-c2ccc(F)cc2)c2ccc(O)cc12)C(=O)O. The molecule has 0 saturated carbocycles. The van der Waals surface area contributed by atoms with Crippen LogP contribution in [-0.2, 0) is 10.2 Å². The minimum atomic E-state index is -1.17. The smallest absolute Gasteiger partial charge is 0.344 e. The van der Waals surface area contributed by atoms with Crippen molar-refractivity contribution in [2.24, 2.45) is 0 Å². The number of ether oxygens (including phenoxy) is 1. The van der Waals surface area contributed by atoms with Crippen molar-refractivity contribution in [3.63, 3.8) is 0 Å². The number of aromatic nitrogens is 1. The van der Waals surface area contributed by atoms with Gasteiger partial charge in [0, 0.05) is 16.4 Å². The third-order valence-corrected chi connectivity index (χ3v) is 4.76. The van der Waals surface area contributed by atoms with Crippen LogP contribution in [0.1, 0.15) is 26.5 Å². The Morgan fingerprint density at radius 1 is 1.17 bits per heavy atom. The van der Waals surface area contributed by atoms with Gasteiger partial charge in [0.05, 0.1) is 12.3 Å². The predicted octanol–water partition coefficient (Wildman–Crippen LogP) is 3.87. The van der Waals surface area contributed by atoms with Crippen LogP contribution in [0, 0.1) is 5.82 Å². The zero-order valence-electron chi connectivity index (χ0n) is 16.3. The van der Waals surface area contributed by atoms with E-state index in [4.69, 9.17) is 4.74 Å². The van der Waals surface area contributed by atoms with Gasteiger partial charge in [0.1, 0.15) is 11.6 Å². The van der Waals surface area contributed by atoms with E-state index in [9.17, 15) is 24.5 Å². The van der Waals surface area contributed by atoms with Gasteiger partial charge in [-0.25, -0.2) is 14.2 Å². The summed E-state index contributed by atoms with van der Waals surface area (Å²) in [5.74, 6) is -1.55. The predicted molar refractivity (Wildman–Crippen MR) is 107 cm³/mol. The van der Waals surface area contributed by atoms with Crippen LogP contribution in [0.15, 0.2) is 42.5 Å². The van der Waals surface area contributed by atoms with Gasteiger partial charge in [0.2, 0.25) is 5.88 Å². The molecule has 1 atom stereocenters. The van der Waals surface area contributed by atoms with E-state index in [1.807, 2.05) is 0 Å². The largest absolute Gasteiger partial charge is 0.508 e. The minimum Gasteiger partial charge on any atom is -0.508 e. The summed E-state index contributed by atoms with van der Waals surface area (Å²) in [6.45, 7) is 4.73. The van der Waals surface area contributed by atoms with Crippen molar-refractivity contribution in [1.82, 2.24) is 4.98 Å². The van der Waals surface area contributed by atoms with E-state index >= 15 is 0 Å². The Balaban J connectivity index is 2.40. The van der Waals surface area contributed by atoms with E-state index in [2.05, 4.69) is 4.98 Å². The van der Waals surface area contributed by atoms with Gasteiger partial charge in [-0.3, -0.25) is 0 Å². The number of benzene rings is 2. The van der Waals surface area contributed by atoms with Crippen LogP contribution < -0.4 is 4.74 Å². The quantitative estimate of drug-likeness (QED) is 0.582.